The number of aliphatic hydroxyl groups excluding tert-OH is 1. The molecule has 0 aliphatic rings. The number of hydrogen-bond donors (Lipinski definition) is 2. The summed E-state index contributed by atoms with van der Waals surface area (Å²) in [7, 11) is -3.67. The van der Waals surface area contributed by atoms with E-state index in [1.54, 1.807) is 43.3 Å². The van der Waals surface area contributed by atoms with E-state index < -0.39 is 16.1 Å². The van der Waals surface area contributed by atoms with Gasteiger partial charge in [-0.25, -0.2) is 8.42 Å². The van der Waals surface area contributed by atoms with Crippen LogP contribution in [0.5, 0.6) is 0 Å². The fraction of sp³-hybridized carbons (Fsp3) is 0.143. The summed E-state index contributed by atoms with van der Waals surface area (Å²) in [5.41, 5.74) is 0.915. The molecule has 4 nitrogen and oxygen atoms in total. The molecule has 0 saturated heterocycles. The van der Waals surface area contributed by atoms with Gasteiger partial charge in [0.2, 0.25) is 0 Å². The third-order valence-corrected chi connectivity index (χ3v) is 4.69. The van der Waals surface area contributed by atoms with Crippen LogP contribution in [0.1, 0.15) is 18.6 Å². The zero-order valence-corrected chi connectivity index (χ0v) is 13.1. The van der Waals surface area contributed by atoms with E-state index in [-0.39, 0.29) is 4.90 Å². The lowest BCUT2D eigenvalue weighted by molar-refractivity contribution is 0.200. The van der Waals surface area contributed by atoms with E-state index in [9.17, 15) is 13.5 Å². The predicted molar refractivity (Wildman–Crippen MR) is 82.0 cm³/mol. The highest BCUT2D eigenvalue weighted by molar-refractivity contribution is 9.10. The number of halogens is 1. The monoisotopic (exact) mass is 355 g/mol. The van der Waals surface area contributed by atoms with E-state index >= 15 is 0 Å². The van der Waals surface area contributed by atoms with Gasteiger partial charge in [0, 0.05) is 10.0 Å². The minimum Gasteiger partial charge on any atom is -0.389 e. The summed E-state index contributed by atoms with van der Waals surface area (Å²) < 4.78 is 27.9. The number of anilines is 1. The van der Waals surface area contributed by atoms with Crippen molar-refractivity contribution in [3.05, 3.63) is 58.6 Å². The van der Waals surface area contributed by atoms with Gasteiger partial charge in [-0.15, -0.1) is 0 Å². The first kappa shape index (κ1) is 15.0. The maximum absolute atomic E-state index is 12.3. The van der Waals surface area contributed by atoms with Crippen molar-refractivity contribution in [2.45, 2.75) is 17.9 Å². The van der Waals surface area contributed by atoms with Crippen molar-refractivity contribution >= 4 is 31.6 Å². The lowest BCUT2D eigenvalue weighted by Gasteiger charge is -2.14. The summed E-state index contributed by atoms with van der Waals surface area (Å²) in [6.07, 6.45) is -0.751. The average molecular weight is 356 g/mol. The van der Waals surface area contributed by atoms with Crippen LogP contribution < -0.4 is 4.72 Å². The van der Waals surface area contributed by atoms with E-state index in [4.69, 9.17) is 0 Å². The molecule has 0 aliphatic heterocycles. The zero-order chi connectivity index (χ0) is 14.8. The van der Waals surface area contributed by atoms with Gasteiger partial charge in [-0.1, -0.05) is 34.1 Å². The van der Waals surface area contributed by atoms with Crippen LogP contribution in [-0.2, 0) is 10.0 Å². The Morgan fingerprint density at radius 3 is 2.30 bits per heavy atom. The van der Waals surface area contributed by atoms with Crippen LogP contribution in [0.2, 0.25) is 0 Å². The van der Waals surface area contributed by atoms with E-state index in [2.05, 4.69) is 20.7 Å². The Labute approximate surface area is 126 Å². The molecule has 1 unspecified atom stereocenters. The van der Waals surface area contributed by atoms with Gasteiger partial charge in [-0.3, -0.25) is 4.72 Å². The number of sulfonamides is 1. The molecule has 0 aliphatic carbocycles. The second kappa shape index (κ2) is 5.95. The summed E-state index contributed by atoms with van der Waals surface area (Å²) in [4.78, 5) is 0.168. The second-order valence-corrected chi connectivity index (χ2v) is 6.92. The molecule has 2 N–H and O–H groups in total. The molecule has 0 radical (unpaired) electrons. The van der Waals surface area contributed by atoms with Gasteiger partial charge in [0.15, 0.2) is 0 Å². The maximum Gasteiger partial charge on any atom is 0.261 e. The van der Waals surface area contributed by atoms with E-state index in [0.717, 1.165) is 4.47 Å². The molecule has 106 valence electrons. The fourth-order valence-corrected chi connectivity index (χ4v) is 3.12. The van der Waals surface area contributed by atoms with E-state index in [0.29, 0.717) is 11.3 Å². The summed E-state index contributed by atoms with van der Waals surface area (Å²) in [5, 5.41) is 9.67. The highest BCUT2D eigenvalue weighted by Crippen LogP contribution is 2.25. The van der Waals surface area contributed by atoms with Crippen LogP contribution in [0, 0.1) is 0 Å². The van der Waals surface area contributed by atoms with Crippen molar-refractivity contribution in [1.29, 1.82) is 0 Å². The molecule has 20 heavy (non-hydrogen) atoms. The van der Waals surface area contributed by atoms with Crippen LogP contribution in [0.3, 0.4) is 0 Å². The van der Waals surface area contributed by atoms with Crippen LogP contribution in [0.4, 0.5) is 5.69 Å². The van der Waals surface area contributed by atoms with E-state index in [1.807, 2.05) is 0 Å². The molecule has 2 aromatic carbocycles. The SMILES string of the molecule is CC(O)c1ccccc1NS(=O)(=O)c1ccc(Br)cc1. The summed E-state index contributed by atoms with van der Waals surface area (Å²) >= 11 is 3.26. The molecule has 0 aromatic heterocycles. The second-order valence-electron chi connectivity index (χ2n) is 4.32. The molecule has 2 aromatic rings. The normalized spacial score (nSPS) is 12.9. The topological polar surface area (TPSA) is 66.4 Å². The molecule has 0 bridgehead atoms. The largest absolute Gasteiger partial charge is 0.389 e. The van der Waals surface area contributed by atoms with Crippen molar-refractivity contribution in [3.63, 3.8) is 0 Å². The lowest BCUT2D eigenvalue weighted by atomic mass is 10.1. The fourth-order valence-electron chi connectivity index (χ4n) is 1.77. The molecular weight excluding hydrogens is 342 g/mol. The first-order valence-electron chi connectivity index (χ1n) is 5.95. The van der Waals surface area contributed by atoms with Crippen molar-refractivity contribution in [2.24, 2.45) is 0 Å². The van der Waals surface area contributed by atoms with Crippen LogP contribution >= 0.6 is 15.9 Å². The minimum absolute atomic E-state index is 0.168. The Morgan fingerprint density at radius 2 is 1.70 bits per heavy atom. The Hall–Kier alpha value is -1.37. The van der Waals surface area contributed by atoms with Gasteiger partial charge >= 0.3 is 0 Å². The molecular formula is C14H14BrNO3S. The smallest absolute Gasteiger partial charge is 0.261 e. The Balaban J connectivity index is 2.36. The van der Waals surface area contributed by atoms with Crippen LogP contribution in [0.25, 0.3) is 0 Å². The van der Waals surface area contributed by atoms with Gasteiger partial charge in [-0.2, -0.15) is 0 Å². The lowest BCUT2D eigenvalue weighted by Crippen LogP contribution is -2.14. The molecule has 0 heterocycles. The minimum atomic E-state index is -3.67. The molecule has 1 atom stereocenters. The maximum atomic E-state index is 12.3. The van der Waals surface area contributed by atoms with Gasteiger partial charge in [-0.05, 0) is 37.3 Å². The van der Waals surface area contributed by atoms with Crippen molar-refractivity contribution in [3.8, 4) is 0 Å². The number of aliphatic hydroxyl groups is 1. The third-order valence-electron chi connectivity index (χ3n) is 2.78. The molecule has 0 amide bonds. The first-order valence-corrected chi connectivity index (χ1v) is 8.23. The summed E-state index contributed by atoms with van der Waals surface area (Å²) in [6, 6.07) is 13.1. The van der Waals surface area contributed by atoms with Crippen molar-refractivity contribution < 1.29 is 13.5 Å². The van der Waals surface area contributed by atoms with Gasteiger partial charge in [0.25, 0.3) is 10.0 Å². The number of rotatable bonds is 4. The number of hydrogen-bond acceptors (Lipinski definition) is 3. The number of nitrogens with one attached hydrogen (secondary N) is 1. The number of para-hydroxylation sites is 1. The first-order chi connectivity index (χ1) is 9.40. The molecule has 0 saturated carbocycles. The molecule has 6 heteroatoms. The highest BCUT2D eigenvalue weighted by atomic mass is 79.9. The van der Waals surface area contributed by atoms with Gasteiger partial charge in [0.05, 0.1) is 16.7 Å². The van der Waals surface area contributed by atoms with Gasteiger partial charge < -0.3 is 5.11 Å². The Bertz CT molecular complexity index is 697. The average Bonchev–Trinajstić information content (AvgIpc) is 2.39. The van der Waals surface area contributed by atoms with Crippen LogP contribution in [-0.4, -0.2) is 13.5 Å². The van der Waals surface area contributed by atoms with Gasteiger partial charge in [0.1, 0.15) is 0 Å². The highest BCUT2D eigenvalue weighted by Gasteiger charge is 2.17. The molecule has 0 fully saturated rings. The molecule has 2 rings (SSSR count). The standard InChI is InChI=1S/C14H14BrNO3S/c1-10(17)13-4-2-3-5-14(13)16-20(18,19)12-8-6-11(15)7-9-12/h2-10,16-17H,1H3. The van der Waals surface area contributed by atoms with Crippen molar-refractivity contribution in [2.75, 3.05) is 4.72 Å². The number of benzene rings is 2. The quantitative estimate of drug-likeness (QED) is 0.883. The summed E-state index contributed by atoms with van der Waals surface area (Å²) in [5.74, 6) is 0. The Morgan fingerprint density at radius 1 is 1.10 bits per heavy atom. The summed E-state index contributed by atoms with van der Waals surface area (Å²) in [6.45, 7) is 1.59. The third kappa shape index (κ3) is 3.39. The predicted octanol–water partition coefficient (Wildman–Crippen LogP) is 3.30. The Kier molecular flexibility index (Phi) is 4.47. The zero-order valence-electron chi connectivity index (χ0n) is 10.7. The van der Waals surface area contributed by atoms with Crippen LogP contribution in [0.15, 0.2) is 57.9 Å². The van der Waals surface area contributed by atoms with E-state index in [1.165, 1.54) is 12.1 Å². The van der Waals surface area contributed by atoms with Crippen molar-refractivity contribution in [1.82, 2.24) is 0 Å². The molecule has 0 spiro atoms.